The standard InChI is InChI=1S/C16H18N4O/c17-15-7-8-18-11-14(15)16(21)19-12-3-5-13(6-4-12)20-9-1-2-10-20/h3-8,11H,1-2,9-10H2,(H2,17,18)(H,19,21). The van der Waals surface area contributed by atoms with Crippen molar-refractivity contribution in [1.82, 2.24) is 4.98 Å². The molecule has 1 aliphatic heterocycles. The van der Waals surface area contributed by atoms with Gasteiger partial charge in [-0.05, 0) is 43.2 Å². The van der Waals surface area contributed by atoms with E-state index in [0.29, 0.717) is 11.3 Å². The van der Waals surface area contributed by atoms with Crippen molar-refractivity contribution in [3.8, 4) is 0 Å². The van der Waals surface area contributed by atoms with Gasteiger partial charge in [0.15, 0.2) is 0 Å². The van der Waals surface area contributed by atoms with Gasteiger partial charge in [-0.15, -0.1) is 0 Å². The molecular formula is C16H18N4O. The van der Waals surface area contributed by atoms with Gasteiger partial charge in [-0.1, -0.05) is 0 Å². The Morgan fingerprint density at radius 3 is 2.52 bits per heavy atom. The number of nitrogens with zero attached hydrogens (tertiary/aromatic N) is 2. The number of nitrogens with two attached hydrogens (primary N) is 1. The maximum Gasteiger partial charge on any atom is 0.259 e. The molecule has 0 spiro atoms. The van der Waals surface area contributed by atoms with Crippen molar-refractivity contribution in [2.24, 2.45) is 0 Å². The van der Waals surface area contributed by atoms with Crippen molar-refractivity contribution in [1.29, 1.82) is 0 Å². The minimum atomic E-state index is -0.241. The molecule has 2 heterocycles. The highest BCUT2D eigenvalue weighted by molar-refractivity contribution is 6.07. The number of carbonyl (C=O) groups excluding carboxylic acids is 1. The summed E-state index contributed by atoms with van der Waals surface area (Å²) in [6.45, 7) is 2.22. The molecule has 5 heteroatoms. The van der Waals surface area contributed by atoms with Crippen molar-refractivity contribution in [2.45, 2.75) is 12.8 Å². The van der Waals surface area contributed by atoms with Crippen LogP contribution in [0.15, 0.2) is 42.7 Å². The molecule has 108 valence electrons. The van der Waals surface area contributed by atoms with Crippen LogP contribution in [0.25, 0.3) is 0 Å². The quantitative estimate of drug-likeness (QED) is 0.907. The number of rotatable bonds is 3. The number of hydrogen-bond acceptors (Lipinski definition) is 4. The molecule has 1 aromatic heterocycles. The van der Waals surface area contributed by atoms with Crippen LogP contribution in [0.3, 0.4) is 0 Å². The molecule has 1 aromatic carbocycles. The van der Waals surface area contributed by atoms with E-state index in [4.69, 9.17) is 5.73 Å². The van der Waals surface area contributed by atoms with Crippen LogP contribution >= 0.6 is 0 Å². The van der Waals surface area contributed by atoms with Gasteiger partial charge in [-0.3, -0.25) is 9.78 Å². The third-order valence-electron chi connectivity index (χ3n) is 3.70. The predicted octanol–water partition coefficient (Wildman–Crippen LogP) is 2.52. The van der Waals surface area contributed by atoms with E-state index in [-0.39, 0.29) is 5.91 Å². The summed E-state index contributed by atoms with van der Waals surface area (Å²) in [5.74, 6) is -0.241. The van der Waals surface area contributed by atoms with E-state index in [0.717, 1.165) is 18.8 Å². The highest BCUT2D eigenvalue weighted by atomic mass is 16.1. The first-order valence-electron chi connectivity index (χ1n) is 7.10. The summed E-state index contributed by atoms with van der Waals surface area (Å²) in [7, 11) is 0. The number of carbonyl (C=O) groups is 1. The topological polar surface area (TPSA) is 71.2 Å². The van der Waals surface area contributed by atoms with Gasteiger partial charge in [-0.25, -0.2) is 0 Å². The molecule has 0 saturated carbocycles. The van der Waals surface area contributed by atoms with Gasteiger partial charge in [0.2, 0.25) is 0 Å². The Morgan fingerprint density at radius 2 is 1.86 bits per heavy atom. The van der Waals surface area contributed by atoms with Gasteiger partial charge < -0.3 is 16.0 Å². The molecule has 1 fully saturated rings. The zero-order chi connectivity index (χ0) is 14.7. The maximum absolute atomic E-state index is 12.1. The summed E-state index contributed by atoms with van der Waals surface area (Å²) in [5, 5.41) is 2.84. The molecule has 0 aliphatic carbocycles. The highest BCUT2D eigenvalue weighted by Crippen LogP contribution is 2.22. The first-order valence-corrected chi connectivity index (χ1v) is 7.10. The van der Waals surface area contributed by atoms with E-state index in [1.807, 2.05) is 24.3 Å². The van der Waals surface area contributed by atoms with Crippen molar-refractivity contribution in [2.75, 3.05) is 29.0 Å². The molecule has 0 atom stereocenters. The molecule has 1 saturated heterocycles. The van der Waals surface area contributed by atoms with Crippen molar-refractivity contribution < 1.29 is 4.79 Å². The molecule has 3 N–H and O–H groups in total. The van der Waals surface area contributed by atoms with Crippen LogP contribution in [0.4, 0.5) is 17.1 Å². The zero-order valence-electron chi connectivity index (χ0n) is 11.7. The van der Waals surface area contributed by atoms with Crippen molar-refractivity contribution >= 4 is 23.0 Å². The van der Waals surface area contributed by atoms with Gasteiger partial charge in [0, 0.05) is 42.5 Å². The molecule has 3 rings (SSSR count). The minimum Gasteiger partial charge on any atom is -0.398 e. The van der Waals surface area contributed by atoms with Gasteiger partial charge in [-0.2, -0.15) is 0 Å². The lowest BCUT2D eigenvalue weighted by Gasteiger charge is -2.17. The van der Waals surface area contributed by atoms with E-state index in [2.05, 4.69) is 15.2 Å². The monoisotopic (exact) mass is 282 g/mol. The number of anilines is 3. The molecule has 0 bridgehead atoms. The van der Waals surface area contributed by atoms with E-state index in [1.54, 1.807) is 12.3 Å². The highest BCUT2D eigenvalue weighted by Gasteiger charge is 2.13. The van der Waals surface area contributed by atoms with Crippen LogP contribution in [-0.2, 0) is 0 Å². The lowest BCUT2D eigenvalue weighted by molar-refractivity contribution is 0.102. The average Bonchev–Trinajstić information content (AvgIpc) is 3.02. The fraction of sp³-hybridized carbons (Fsp3) is 0.250. The first kappa shape index (κ1) is 13.4. The minimum absolute atomic E-state index is 0.241. The third kappa shape index (κ3) is 2.97. The predicted molar refractivity (Wildman–Crippen MR) is 84.5 cm³/mol. The van der Waals surface area contributed by atoms with E-state index in [1.165, 1.54) is 24.7 Å². The number of hydrogen-bond donors (Lipinski definition) is 2. The summed E-state index contributed by atoms with van der Waals surface area (Å²) in [5.41, 5.74) is 8.55. The second kappa shape index (κ2) is 5.83. The van der Waals surface area contributed by atoms with Gasteiger partial charge in [0.25, 0.3) is 5.91 Å². The second-order valence-corrected chi connectivity index (χ2v) is 5.16. The van der Waals surface area contributed by atoms with E-state index >= 15 is 0 Å². The van der Waals surface area contributed by atoms with Crippen LogP contribution in [0, 0.1) is 0 Å². The molecular weight excluding hydrogens is 264 g/mol. The number of pyridine rings is 1. The summed E-state index contributed by atoms with van der Waals surface area (Å²) in [6, 6.07) is 9.52. The molecule has 21 heavy (non-hydrogen) atoms. The lowest BCUT2D eigenvalue weighted by Crippen LogP contribution is -2.17. The Labute approximate surface area is 123 Å². The van der Waals surface area contributed by atoms with Crippen LogP contribution in [-0.4, -0.2) is 24.0 Å². The Morgan fingerprint density at radius 1 is 1.14 bits per heavy atom. The number of amides is 1. The Bertz CT molecular complexity index is 633. The van der Waals surface area contributed by atoms with Crippen LogP contribution in [0.2, 0.25) is 0 Å². The number of nitrogens with one attached hydrogen (secondary N) is 1. The summed E-state index contributed by atoms with van der Waals surface area (Å²) >= 11 is 0. The average molecular weight is 282 g/mol. The van der Waals surface area contributed by atoms with Crippen molar-refractivity contribution in [3.63, 3.8) is 0 Å². The molecule has 1 amide bonds. The number of benzene rings is 1. The fourth-order valence-corrected chi connectivity index (χ4v) is 2.52. The Hall–Kier alpha value is -2.56. The van der Waals surface area contributed by atoms with Gasteiger partial charge in [0.05, 0.1) is 5.56 Å². The second-order valence-electron chi connectivity index (χ2n) is 5.16. The molecule has 0 unspecified atom stereocenters. The van der Waals surface area contributed by atoms with Gasteiger partial charge >= 0.3 is 0 Å². The Kier molecular flexibility index (Phi) is 3.73. The number of aromatic nitrogens is 1. The molecule has 0 radical (unpaired) electrons. The summed E-state index contributed by atoms with van der Waals surface area (Å²) in [4.78, 5) is 18.4. The van der Waals surface area contributed by atoms with Crippen LogP contribution < -0.4 is 16.0 Å². The van der Waals surface area contributed by atoms with Crippen LogP contribution in [0.1, 0.15) is 23.2 Å². The molecule has 2 aromatic rings. The first-order chi connectivity index (χ1) is 10.2. The molecule has 5 nitrogen and oxygen atoms in total. The van der Waals surface area contributed by atoms with Gasteiger partial charge in [0.1, 0.15) is 0 Å². The third-order valence-corrected chi connectivity index (χ3v) is 3.70. The Balaban J connectivity index is 1.70. The normalized spacial score (nSPS) is 14.2. The SMILES string of the molecule is Nc1ccncc1C(=O)Nc1ccc(N2CCCC2)cc1. The number of nitrogen functional groups attached to an aromatic ring is 1. The lowest BCUT2D eigenvalue weighted by atomic mass is 10.2. The van der Waals surface area contributed by atoms with Crippen molar-refractivity contribution in [3.05, 3.63) is 48.3 Å². The molecule has 1 aliphatic rings. The summed E-state index contributed by atoms with van der Waals surface area (Å²) < 4.78 is 0. The summed E-state index contributed by atoms with van der Waals surface area (Å²) in [6.07, 6.45) is 5.54. The largest absolute Gasteiger partial charge is 0.398 e. The van der Waals surface area contributed by atoms with E-state index < -0.39 is 0 Å². The van der Waals surface area contributed by atoms with E-state index in [9.17, 15) is 4.79 Å². The van der Waals surface area contributed by atoms with Crippen LogP contribution in [0.5, 0.6) is 0 Å². The fourth-order valence-electron chi connectivity index (χ4n) is 2.52. The zero-order valence-corrected chi connectivity index (χ0v) is 11.7. The smallest absolute Gasteiger partial charge is 0.259 e. The maximum atomic E-state index is 12.1.